The molecule has 0 bridgehead atoms. The molecule has 29 heavy (non-hydrogen) atoms. The number of nitrogens with zero attached hydrogens (tertiary/aromatic N) is 2. The summed E-state index contributed by atoms with van der Waals surface area (Å²) in [5.74, 6) is -0.767. The second-order valence-corrected chi connectivity index (χ2v) is 8.63. The smallest absolute Gasteiger partial charge is 0.330 e. The van der Waals surface area contributed by atoms with E-state index in [-0.39, 0.29) is 41.5 Å². The lowest BCUT2D eigenvalue weighted by Gasteiger charge is -2.26. The van der Waals surface area contributed by atoms with Gasteiger partial charge in [0.15, 0.2) is 5.69 Å². The Morgan fingerprint density at radius 1 is 1.21 bits per heavy atom. The van der Waals surface area contributed by atoms with Crippen molar-refractivity contribution in [2.45, 2.75) is 39.1 Å². The summed E-state index contributed by atoms with van der Waals surface area (Å²) in [5, 5.41) is 0. The van der Waals surface area contributed by atoms with Gasteiger partial charge in [0.1, 0.15) is 11.6 Å². The van der Waals surface area contributed by atoms with E-state index < -0.39 is 17.1 Å². The average molecular weight is 423 g/mol. The van der Waals surface area contributed by atoms with Crippen molar-refractivity contribution in [3.8, 4) is 0 Å². The van der Waals surface area contributed by atoms with Crippen LogP contribution in [0.3, 0.4) is 0 Å². The van der Waals surface area contributed by atoms with E-state index in [4.69, 9.17) is 5.73 Å². The fourth-order valence-electron chi connectivity index (χ4n) is 2.85. The quantitative estimate of drug-likeness (QED) is 0.637. The number of rotatable bonds is 8. The van der Waals surface area contributed by atoms with Crippen molar-refractivity contribution in [1.82, 2.24) is 9.55 Å². The van der Waals surface area contributed by atoms with Crippen molar-refractivity contribution in [3.05, 3.63) is 50.9 Å². The highest BCUT2D eigenvalue weighted by atomic mass is 32.2. The number of amides is 1. The number of carbonyl (C=O) groups excluding carboxylic acids is 1. The summed E-state index contributed by atoms with van der Waals surface area (Å²) in [5.41, 5.74) is 4.80. The Balaban J connectivity index is 2.41. The molecule has 158 valence electrons. The molecule has 0 saturated heterocycles. The first-order valence-electron chi connectivity index (χ1n) is 9.42. The molecule has 7 nitrogen and oxygen atoms in total. The van der Waals surface area contributed by atoms with Gasteiger partial charge in [-0.05, 0) is 24.0 Å². The standard InChI is InChI=1S/C20H27FN4O3S/c1-12(2)9-24(16(26)11-29-15-8-6-5-7-14(15)21)17-18(22)25(10-13(3)4)20(28)23-19(17)27/h5-8,12-13H,9-11,22H2,1-4H3,(H,23,27,28). The minimum absolute atomic E-state index is 0.0432. The highest BCUT2D eigenvalue weighted by Gasteiger charge is 2.25. The van der Waals surface area contributed by atoms with E-state index in [0.717, 1.165) is 11.8 Å². The van der Waals surface area contributed by atoms with Gasteiger partial charge in [0.25, 0.3) is 5.56 Å². The van der Waals surface area contributed by atoms with Gasteiger partial charge in [-0.1, -0.05) is 39.8 Å². The number of hydrogen-bond donors (Lipinski definition) is 2. The predicted molar refractivity (Wildman–Crippen MR) is 115 cm³/mol. The van der Waals surface area contributed by atoms with E-state index in [0.29, 0.717) is 11.4 Å². The second-order valence-electron chi connectivity index (χ2n) is 7.61. The van der Waals surface area contributed by atoms with E-state index >= 15 is 0 Å². The molecule has 0 aliphatic carbocycles. The molecule has 0 aliphatic heterocycles. The number of aromatic amines is 1. The minimum Gasteiger partial charge on any atom is -0.383 e. The van der Waals surface area contributed by atoms with Crippen molar-refractivity contribution < 1.29 is 9.18 Å². The monoisotopic (exact) mass is 422 g/mol. The number of hydrogen-bond acceptors (Lipinski definition) is 5. The minimum atomic E-state index is -0.711. The molecule has 0 spiro atoms. The van der Waals surface area contributed by atoms with Crippen LogP contribution in [0.25, 0.3) is 0 Å². The van der Waals surface area contributed by atoms with Crippen LogP contribution in [-0.4, -0.2) is 27.8 Å². The summed E-state index contributed by atoms with van der Waals surface area (Å²) in [6.45, 7) is 8.18. The van der Waals surface area contributed by atoms with Crippen LogP contribution in [0.4, 0.5) is 15.9 Å². The van der Waals surface area contributed by atoms with Gasteiger partial charge < -0.3 is 10.6 Å². The number of benzene rings is 1. The maximum Gasteiger partial charge on any atom is 0.330 e. The van der Waals surface area contributed by atoms with Gasteiger partial charge >= 0.3 is 5.69 Å². The summed E-state index contributed by atoms with van der Waals surface area (Å²) in [6, 6.07) is 6.17. The van der Waals surface area contributed by atoms with E-state index in [1.54, 1.807) is 18.2 Å². The molecule has 1 amide bonds. The molecule has 0 unspecified atom stereocenters. The van der Waals surface area contributed by atoms with Gasteiger partial charge in [-0.15, -0.1) is 11.8 Å². The van der Waals surface area contributed by atoms with E-state index in [1.165, 1.54) is 15.5 Å². The Kier molecular flexibility index (Phi) is 7.66. The largest absolute Gasteiger partial charge is 0.383 e. The summed E-state index contributed by atoms with van der Waals surface area (Å²) in [4.78, 5) is 41.6. The van der Waals surface area contributed by atoms with Gasteiger partial charge in [-0.2, -0.15) is 0 Å². The lowest BCUT2D eigenvalue weighted by Crippen LogP contribution is -2.43. The van der Waals surface area contributed by atoms with Crippen LogP contribution in [0.1, 0.15) is 27.7 Å². The first kappa shape index (κ1) is 22.7. The first-order chi connectivity index (χ1) is 13.6. The number of thioether (sulfide) groups is 1. The maximum absolute atomic E-state index is 13.9. The number of carbonyl (C=O) groups is 1. The third-order valence-electron chi connectivity index (χ3n) is 4.07. The third kappa shape index (κ3) is 5.72. The zero-order valence-corrected chi connectivity index (χ0v) is 17.9. The van der Waals surface area contributed by atoms with Crippen LogP contribution >= 0.6 is 11.8 Å². The van der Waals surface area contributed by atoms with E-state index in [2.05, 4.69) is 4.98 Å². The fourth-order valence-corrected chi connectivity index (χ4v) is 3.66. The number of H-pyrrole nitrogens is 1. The molecule has 1 aromatic heterocycles. The van der Waals surface area contributed by atoms with Crippen LogP contribution in [0, 0.1) is 17.7 Å². The Hall–Kier alpha value is -2.55. The maximum atomic E-state index is 13.9. The fraction of sp³-hybridized carbons (Fsp3) is 0.450. The lowest BCUT2D eigenvalue weighted by atomic mass is 10.2. The number of anilines is 2. The molecule has 2 rings (SSSR count). The van der Waals surface area contributed by atoms with Crippen LogP contribution in [0.2, 0.25) is 0 Å². The molecular weight excluding hydrogens is 395 g/mol. The zero-order chi connectivity index (χ0) is 21.7. The average Bonchev–Trinajstić information content (AvgIpc) is 2.62. The van der Waals surface area contributed by atoms with Crippen LogP contribution in [0.15, 0.2) is 38.8 Å². The van der Waals surface area contributed by atoms with Crippen molar-refractivity contribution in [1.29, 1.82) is 0 Å². The Morgan fingerprint density at radius 3 is 2.45 bits per heavy atom. The van der Waals surface area contributed by atoms with Gasteiger partial charge in [-0.25, -0.2) is 9.18 Å². The molecule has 0 aliphatic rings. The highest BCUT2D eigenvalue weighted by molar-refractivity contribution is 8.00. The highest BCUT2D eigenvalue weighted by Crippen LogP contribution is 2.24. The third-order valence-corrected chi connectivity index (χ3v) is 5.10. The topological polar surface area (TPSA) is 101 Å². The van der Waals surface area contributed by atoms with Gasteiger partial charge in [0.05, 0.1) is 5.75 Å². The molecule has 0 saturated carbocycles. The predicted octanol–water partition coefficient (Wildman–Crippen LogP) is 2.70. The Bertz CT molecular complexity index is 984. The summed E-state index contributed by atoms with van der Waals surface area (Å²) < 4.78 is 15.1. The molecule has 2 aromatic rings. The molecule has 9 heteroatoms. The van der Waals surface area contributed by atoms with Crippen molar-refractivity contribution >= 4 is 29.2 Å². The van der Waals surface area contributed by atoms with Crippen LogP contribution in [0.5, 0.6) is 0 Å². The molecule has 0 radical (unpaired) electrons. The normalized spacial score (nSPS) is 11.3. The van der Waals surface area contributed by atoms with Crippen LogP contribution < -0.4 is 21.9 Å². The van der Waals surface area contributed by atoms with Crippen molar-refractivity contribution in [2.24, 2.45) is 11.8 Å². The zero-order valence-electron chi connectivity index (χ0n) is 17.1. The molecule has 0 atom stereocenters. The summed E-state index contributed by atoms with van der Waals surface area (Å²) in [7, 11) is 0. The molecule has 1 heterocycles. The summed E-state index contributed by atoms with van der Waals surface area (Å²) in [6.07, 6.45) is 0. The number of aromatic nitrogens is 2. The number of nitrogen functional groups attached to an aromatic ring is 1. The molecule has 1 aromatic carbocycles. The number of nitrogens with two attached hydrogens (primary N) is 1. The van der Waals surface area contributed by atoms with Crippen molar-refractivity contribution in [3.63, 3.8) is 0 Å². The number of nitrogens with one attached hydrogen (secondary N) is 1. The lowest BCUT2D eigenvalue weighted by molar-refractivity contribution is -0.116. The summed E-state index contributed by atoms with van der Waals surface area (Å²) >= 11 is 1.05. The first-order valence-corrected chi connectivity index (χ1v) is 10.4. The van der Waals surface area contributed by atoms with Crippen LogP contribution in [-0.2, 0) is 11.3 Å². The second kappa shape index (κ2) is 9.78. The van der Waals surface area contributed by atoms with Gasteiger partial charge in [0, 0.05) is 18.0 Å². The Labute approximate surface area is 173 Å². The van der Waals surface area contributed by atoms with E-state index in [1.807, 2.05) is 27.7 Å². The Morgan fingerprint density at radius 2 is 1.86 bits per heavy atom. The molecule has 0 fully saturated rings. The van der Waals surface area contributed by atoms with E-state index in [9.17, 15) is 18.8 Å². The molecule has 3 N–H and O–H groups in total. The van der Waals surface area contributed by atoms with Crippen molar-refractivity contribution in [2.75, 3.05) is 22.9 Å². The van der Waals surface area contributed by atoms with Gasteiger partial charge in [0.2, 0.25) is 5.91 Å². The van der Waals surface area contributed by atoms with Gasteiger partial charge in [-0.3, -0.25) is 19.1 Å². The number of halogens is 1. The SMILES string of the molecule is CC(C)CN(C(=O)CSc1ccccc1F)c1c(N)n(CC(C)C)c(=O)[nH]c1=O. The molecular formula is C20H27FN4O3S.